The summed E-state index contributed by atoms with van der Waals surface area (Å²) in [4.78, 5) is 0. The fraction of sp³-hybridized carbons (Fsp3) is 0.500. The van der Waals surface area contributed by atoms with Gasteiger partial charge >= 0.3 is 0 Å². The first-order valence-corrected chi connectivity index (χ1v) is 10.6. The maximum atomic E-state index is 9.74. The van der Waals surface area contributed by atoms with Gasteiger partial charge in [-0.2, -0.15) is 5.26 Å². The summed E-state index contributed by atoms with van der Waals surface area (Å²) in [5, 5.41) is 9.74. The molecule has 1 heterocycles. The van der Waals surface area contributed by atoms with Gasteiger partial charge in [-0.1, -0.05) is 0 Å². The largest absolute Gasteiger partial charge is 0.497 e. The summed E-state index contributed by atoms with van der Waals surface area (Å²) in [6, 6.07) is 6.03. The molecule has 0 N–H and O–H groups in total. The van der Waals surface area contributed by atoms with Gasteiger partial charge in [-0.25, -0.2) is 0 Å². The van der Waals surface area contributed by atoms with Gasteiger partial charge in [0, 0.05) is 12.0 Å². The molecule has 1 aromatic carbocycles. The molecule has 0 aromatic heterocycles. The second-order valence-corrected chi connectivity index (χ2v) is 11.0. The standard InChI is InChI=1S/C14H18BrNO3Si/c1-17-10-7-11-13(12(15)8-10)18-6-5-14(11,9-16)19-20(2,3)4/h7-8H,5-6H2,1-4H3. The van der Waals surface area contributed by atoms with Crippen molar-refractivity contribution in [2.75, 3.05) is 13.7 Å². The van der Waals surface area contributed by atoms with Crippen LogP contribution >= 0.6 is 15.9 Å². The topological polar surface area (TPSA) is 51.5 Å². The number of hydrogen-bond acceptors (Lipinski definition) is 4. The summed E-state index contributed by atoms with van der Waals surface area (Å²) in [6.45, 7) is 6.71. The zero-order valence-electron chi connectivity index (χ0n) is 12.1. The molecule has 0 bridgehead atoms. The van der Waals surface area contributed by atoms with Crippen molar-refractivity contribution in [1.82, 2.24) is 0 Å². The Morgan fingerprint density at radius 2 is 2.10 bits per heavy atom. The molecule has 1 atom stereocenters. The van der Waals surface area contributed by atoms with Gasteiger partial charge in [0.15, 0.2) is 13.9 Å². The van der Waals surface area contributed by atoms with Crippen LogP contribution in [-0.2, 0) is 10.0 Å². The molecule has 0 saturated carbocycles. The van der Waals surface area contributed by atoms with Gasteiger partial charge in [-0.15, -0.1) is 0 Å². The van der Waals surface area contributed by atoms with Crippen LogP contribution in [0.15, 0.2) is 16.6 Å². The van der Waals surface area contributed by atoms with Crippen LogP contribution in [0.1, 0.15) is 12.0 Å². The lowest BCUT2D eigenvalue weighted by atomic mass is 9.89. The molecule has 6 heteroatoms. The maximum absolute atomic E-state index is 9.74. The summed E-state index contributed by atoms with van der Waals surface area (Å²) in [5.41, 5.74) is -0.199. The van der Waals surface area contributed by atoms with E-state index in [1.807, 2.05) is 12.1 Å². The van der Waals surface area contributed by atoms with E-state index < -0.39 is 13.9 Å². The zero-order valence-corrected chi connectivity index (χ0v) is 14.7. The highest BCUT2D eigenvalue weighted by Crippen LogP contribution is 2.46. The molecule has 1 aliphatic heterocycles. The third kappa shape index (κ3) is 2.85. The van der Waals surface area contributed by atoms with Gasteiger partial charge in [-0.3, -0.25) is 0 Å². The highest BCUT2D eigenvalue weighted by molar-refractivity contribution is 9.10. The van der Waals surface area contributed by atoms with Gasteiger partial charge in [0.05, 0.1) is 18.2 Å². The normalized spacial score (nSPS) is 21.6. The summed E-state index contributed by atoms with van der Waals surface area (Å²) >= 11 is 3.48. The average molecular weight is 356 g/mol. The number of ether oxygens (including phenoxy) is 2. The average Bonchev–Trinajstić information content (AvgIpc) is 2.37. The first kappa shape index (κ1) is 15.4. The van der Waals surface area contributed by atoms with Crippen molar-refractivity contribution in [2.24, 2.45) is 0 Å². The minimum Gasteiger partial charge on any atom is -0.497 e. The van der Waals surface area contributed by atoms with E-state index in [-0.39, 0.29) is 0 Å². The Hall–Kier alpha value is -1.03. The lowest BCUT2D eigenvalue weighted by molar-refractivity contribution is 0.0657. The molecular weight excluding hydrogens is 338 g/mol. The minimum atomic E-state index is -1.89. The van der Waals surface area contributed by atoms with Crippen molar-refractivity contribution in [2.45, 2.75) is 31.7 Å². The van der Waals surface area contributed by atoms with Crippen LogP contribution in [0.4, 0.5) is 0 Å². The molecular formula is C14H18BrNO3Si. The highest BCUT2D eigenvalue weighted by atomic mass is 79.9. The van der Waals surface area contributed by atoms with Crippen molar-refractivity contribution in [3.8, 4) is 17.6 Å². The van der Waals surface area contributed by atoms with Gasteiger partial charge in [0.25, 0.3) is 0 Å². The second kappa shape index (κ2) is 5.39. The third-order valence-electron chi connectivity index (χ3n) is 3.05. The number of rotatable bonds is 3. The van der Waals surface area contributed by atoms with Gasteiger partial charge in [0.1, 0.15) is 17.6 Å². The number of halogens is 1. The molecule has 20 heavy (non-hydrogen) atoms. The maximum Gasteiger partial charge on any atom is 0.186 e. The molecule has 0 aliphatic carbocycles. The van der Waals surface area contributed by atoms with E-state index in [1.54, 1.807) is 7.11 Å². The number of methoxy groups -OCH3 is 1. The Labute approximate surface area is 128 Å². The molecule has 1 unspecified atom stereocenters. The Kier molecular flexibility index (Phi) is 4.14. The molecule has 4 nitrogen and oxygen atoms in total. The van der Waals surface area contributed by atoms with Crippen molar-refractivity contribution >= 4 is 24.2 Å². The zero-order chi connectivity index (χ0) is 15.0. The van der Waals surface area contributed by atoms with Crippen LogP contribution in [-0.4, -0.2) is 22.0 Å². The van der Waals surface area contributed by atoms with Crippen molar-refractivity contribution in [1.29, 1.82) is 5.26 Å². The summed E-state index contributed by atoms with van der Waals surface area (Å²) in [5.74, 6) is 1.36. The first-order chi connectivity index (χ1) is 9.31. The molecule has 1 aromatic rings. The van der Waals surface area contributed by atoms with E-state index in [2.05, 4.69) is 41.6 Å². The van der Waals surface area contributed by atoms with Gasteiger partial charge in [0.2, 0.25) is 0 Å². The molecule has 108 valence electrons. The highest BCUT2D eigenvalue weighted by Gasteiger charge is 2.43. The molecule has 1 aliphatic rings. The lowest BCUT2D eigenvalue weighted by Crippen LogP contribution is -2.43. The summed E-state index contributed by atoms with van der Waals surface area (Å²) < 4.78 is 18.0. The third-order valence-corrected chi connectivity index (χ3v) is 4.60. The van der Waals surface area contributed by atoms with E-state index in [0.29, 0.717) is 24.5 Å². The predicted octanol–water partition coefficient (Wildman–Crippen LogP) is 3.81. The quantitative estimate of drug-likeness (QED) is 0.773. The fourth-order valence-corrected chi connectivity index (χ4v) is 4.19. The van der Waals surface area contributed by atoms with Crippen molar-refractivity contribution < 1.29 is 13.9 Å². The number of fused-ring (bicyclic) bond motifs is 1. The first-order valence-electron chi connectivity index (χ1n) is 6.43. The Bertz CT molecular complexity index is 565. The summed E-state index contributed by atoms with van der Waals surface area (Å²) in [6.07, 6.45) is 0.528. The summed E-state index contributed by atoms with van der Waals surface area (Å²) in [7, 11) is -0.283. The fourth-order valence-electron chi connectivity index (χ4n) is 2.33. The molecule has 0 radical (unpaired) electrons. The number of nitriles is 1. The van der Waals surface area contributed by atoms with E-state index in [1.165, 1.54) is 0 Å². The Morgan fingerprint density at radius 3 is 2.65 bits per heavy atom. The van der Waals surface area contributed by atoms with E-state index in [0.717, 1.165) is 10.0 Å². The van der Waals surface area contributed by atoms with Crippen LogP contribution < -0.4 is 9.47 Å². The smallest absolute Gasteiger partial charge is 0.186 e. The van der Waals surface area contributed by atoms with Gasteiger partial charge < -0.3 is 13.9 Å². The Balaban J connectivity index is 2.60. The van der Waals surface area contributed by atoms with Crippen molar-refractivity contribution in [3.05, 3.63) is 22.2 Å². The predicted molar refractivity (Wildman–Crippen MR) is 82.5 cm³/mol. The van der Waals surface area contributed by atoms with Crippen LogP contribution in [0.25, 0.3) is 0 Å². The van der Waals surface area contributed by atoms with Crippen LogP contribution in [0.3, 0.4) is 0 Å². The molecule has 0 spiro atoms. The molecule has 0 amide bonds. The number of benzene rings is 1. The Morgan fingerprint density at radius 1 is 1.40 bits per heavy atom. The van der Waals surface area contributed by atoms with E-state index in [4.69, 9.17) is 13.9 Å². The van der Waals surface area contributed by atoms with Crippen LogP contribution in [0, 0.1) is 11.3 Å². The number of hydrogen-bond donors (Lipinski definition) is 0. The van der Waals surface area contributed by atoms with Crippen LogP contribution in [0.5, 0.6) is 11.5 Å². The van der Waals surface area contributed by atoms with Crippen molar-refractivity contribution in [3.63, 3.8) is 0 Å². The second-order valence-electron chi connectivity index (χ2n) is 5.74. The van der Waals surface area contributed by atoms with E-state index >= 15 is 0 Å². The monoisotopic (exact) mass is 355 g/mol. The van der Waals surface area contributed by atoms with E-state index in [9.17, 15) is 5.26 Å². The SMILES string of the molecule is COc1cc(Br)c2c(c1)C(C#N)(O[Si](C)(C)C)CCO2. The minimum absolute atomic E-state index is 0.468. The van der Waals surface area contributed by atoms with Crippen LogP contribution in [0.2, 0.25) is 19.6 Å². The molecule has 0 fully saturated rings. The van der Waals surface area contributed by atoms with Gasteiger partial charge in [-0.05, 0) is 47.7 Å². The lowest BCUT2D eigenvalue weighted by Gasteiger charge is -2.38. The number of nitrogens with zero attached hydrogens (tertiary/aromatic N) is 1. The molecule has 0 saturated heterocycles. The molecule has 2 rings (SSSR count).